The molecule has 0 unspecified atom stereocenters. The molecule has 4 nitrogen and oxygen atoms in total. The normalized spacial score (nSPS) is 9.20. The summed E-state index contributed by atoms with van der Waals surface area (Å²) in [6.45, 7) is 3.11. The van der Waals surface area contributed by atoms with Gasteiger partial charge in [-0.15, -0.1) is 0 Å². The lowest BCUT2D eigenvalue weighted by atomic mass is 10.3. The van der Waals surface area contributed by atoms with Crippen LogP contribution in [0.3, 0.4) is 0 Å². The Morgan fingerprint density at radius 2 is 2.13 bits per heavy atom. The first kappa shape index (κ1) is 11.7. The van der Waals surface area contributed by atoms with Gasteiger partial charge in [-0.1, -0.05) is 17.7 Å². The van der Waals surface area contributed by atoms with E-state index in [1.807, 2.05) is 0 Å². The van der Waals surface area contributed by atoms with Crippen LogP contribution in [0.2, 0.25) is 5.02 Å². The SMILES string of the molecule is [CH2]C(=O)NNC(=S)Nc1cccc(Cl)c1. The third-order valence-corrected chi connectivity index (χ3v) is 1.84. The van der Waals surface area contributed by atoms with Crippen LogP contribution in [-0.4, -0.2) is 11.0 Å². The van der Waals surface area contributed by atoms with Crippen LogP contribution < -0.4 is 16.2 Å². The molecule has 6 heteroatoms. The molecule has 3 N–H and O–H groups in total. The van der Waals surface area contributed by atoms with E-state index in [-0.39, 0.29) is 5.11 Å². The highest BCUT2D eigenvalue weighted by Crippen LogP contribution is 2.14. The van der Waals surface area contributed by atoms with E-state index in [1.54, 1.807) is 24.3 Å². The number of rotatable bonds is 1. The molecule has 0 saturated carbocycles. The molecule has 0 atom stereocenters. The molecule has 0 heterocycles. The third kappa shape index (κ3) is 4.62. The summed E-state index contributed by atoms with van der Waals surface area (Å²) in [5, 5.41) is 3.69. The first-order valence-corrected chi connectivity index (χ1v) is 4.81. The van der Waals surface area contributed by atoms with Crippen molar-refractivity contribution in [3.63, 3.8) is 0 Å². The Kier molecular flexibility index (Phi) is 4.33. The molecule has 1 aromatic carbocycles. The fraction of sp³-hybridized carbons (Fsp3) is 0. The van der Waals surface area contributed by atoms with Crippen LogP contribution in [0.4, 0.5) is 5.69 Å². The molecule has 0 aliphatic rings. The fourth-order valence-corrected chi connectivity index (χ4v) is 1.21. The standard InChI is InChI=1S/C9H9ClN3OS/c1-6(14)12-13-9(15)11-8-4-2-3-7(10)5-8/h2-5H,1H2,(H,12,14)(H2,11,13,15). The number of hydrogen-bond acceptors (Lipinski definition) is 2. The van der Waals surface area contributed by atoms with Gasteiger partial charge in [0.15, 0.2) is 5.11 Å². The van der Waals surface area contributed by atoms with Crippen molar-refractivity contribution in [3.8, 4) is 0 Å². The Balaban J connectivity index is 2.48. The van der Waals surface area contributed by atoms with Crippen LogP contribution in [-0.2, 0) is 4.79 Å². The monoisotopic (exact) mass is 242 g/mol. The summed E-state index contributed by atoms with van der Waals surface area (Å²) < 4.78 is 0. The zero-order chi connectivity index (χ0) is 11.3. The second kappa shape index (κ2) is 5.53. The van der Waals surface area contributed by atoms with Gasteiger partial charge in [0.05, 0.1) is 0 Å². The highest BCUT2D eigenvalue weighted by atomic mass is 35.5. The summed E-state index contributed by atoms with van der Waals surface area (Å²) in [6, 6.07) is 7.04. The Morgan fingerprint density at radius 1 is 1.40 bits per heavy atom. The lowest BCUT2D eigenvalue weighted by Gasteiger charge is -2.10. The molecular formula is C9H9ClN3OS. The van der Waals surface area contributed by atoms with Gasteiger partial charge in [0.2, 0.25) is 5.91 Å². The fourth-order valence-electron chi connectivity index (χ4n) is 0.855. The highest BCUT2D eigenvalue weighted by molar-refractivity contribution is 7.80. The zero-order valence-corrected chi connectivity index (χ0v) is 9.28. The molecule has 15 heavy (non-hydrogen) atoms. The molecule has 0 aromatic heterocycles. The molecule has 79 valence electrons. The Morgan fingerprint density at radius 3 is 2.73 bits per heavy atom. The molecule has 1 amide bonds. The van der Waals surface area contributed by atoms with Gasteiger partial charge in [0.1, 0.15) is 0 Å². The van der Waals surface area contributed by atoms with Crippen molar-refractivity contribution in [1.82, 2.24) is 10.9 Å². The Labute approximate surface area is 98.0 Å². The van der Waals surface area contributed by atoms with Gasteiger partial charge < -0.3 is 5.32 Å². The molecule has 0 bridgehead atoms. The predicted octanol–water partition coefficient (Wildman–Crippen LogP) is 1.49. The van der Waals surface area contributed by atoms with Gasteiger partial charge in [-0.25, -0.2) is 0 Å². The maximum absolute atomic E-state index is 10.5. The van der Waals surface area contributed by atoms with Crippen molar-refractivity contribution in [2.45, 2.75) is 0 Å². The minimum absolute atomic E-state index is 0.259. The molecule has 1 radical (unpaired) electrons. The first-order valence-electron chi connectivity index (χ1n) is 4.02. The number of carbonyl (C=O) groups is 1. The molecule has 0 fully saturated rings. The average molecular weight is 243 g/mol. The third-order valence-electron chi connectivity index (χ3n) is 1.40. The van der Waals surface area contributed by atoms with Crippen molar-refractivity contribution < 1.29 is 4.79 Å². The second-order valence-electron chi connectivity index (χ2n) is 2.64. The van der Waals surface area contributed by atoms with E-state index in [2.05, 4.69) is 23.1 Å². The molecule has 0 aliphatic carbocycles. The van der Waals surface area contributed by atoms with Gasteiger partial charge in [0, 0.05) is 17.6 Å². The lowest BCUT2D eigenvalue weighted by Crippen LogP contribution is -2.42. The van der Waals surface area contributed by atoms with E-state index < -0.39 is 5.91 Å². The van der Waals surface area contributed by atoms with E-state index in [1.165, 1.54) is 0 Å². The van der Waals surface area contributed by atoms with Crippen LogP contribution in [0, 0.1) is 6.92 Å². The van der Waals surface area contributed by atoms with E-state index in [0.717, 1.165) is 5.69 Å². The lowest BCUT2D eigenvalue weighted by molar-refractivity contribution is -0.117. The average Bonchev–Trinajstić information content (AvgIpc) is 2.15. The zero-order valence-electron chi connectivity index (χ0n) is 7.71. The van der Waals surface area contributed by atoms with Crippen LogP contribution in [0.15, 0.2) is 24.3 Å². The van der Waals surface area contributed by atoms with Gasteiger partial charge in [-0.2, -0.15) is 0 Å². The van der Waals surface area contributed by atoms with Crippen molar-refractivity contribution in [2.75, 3.05) is 5.32 Å². The van der Waals surface area contributed by atoms with Gasteiger partial charge in [-0.3, -0.25) is 15.6 Å². The largest absolute Gasteiger partial charge is 0.331 e. The summed E-state index contributed by atoms with van der Waals surface area (Å²) in [6.07, 6.45) is 0. The molecule has 0 aliphatic heterocycles. The van der Waals surface area contributed by atoms with E-state index in [9.17, 15) is 4.79 Å². The maximum atomic E-state index is 10.5. The topological polar surface area (TPSA) is 53.2 Å². The quantitative estimate of drug-likeness (QED) is 0.516. The summed E-state index contributed by atoms with van der Waals surface area (Å²) in [4.78, 5) is 10.5. The Hall–Kier alpha value is -1.33. The summed E-state index contributed by atoms with van der Waals surface area (Å²) in [5.41, 5.74) is 5.44. The minimum atomic E-state index is -0.467. The molecule has 0 spiro atoms. The number of halogens is 1. The summed E-state index contributed by atoms with van der Waals surface area (Å²) >= 11 is 10.7. The number of benzene rings is 1. The summed E-state index contributed by atoms with van der Waals surface area (Å²) in [5.74, 6) is -0.467. The number of hydrazine groups is 1. The first-order chi connectivity index (χ1) is 7.08. The van der Waals surface area contributed by atoms with Gasteiger partial charge in [0.25, 0.3) is 0 Å². The van der Waals surface area contributed by atoms with E-state index in [0.29, 0.717) is 5.02 Å². The maximum Gasteiger partial charge on any atom is 0.238 e. The van der Waals surface area contributed by atoms with E-state index >= 15 is 0 Å². The minimum Gasteiger partial charge on any atom is -0.331 e. The molecule has 1 rings (SSSR count). The van der Waals surface area contributed by atoms with Crippen molar-refractivity contribution in [2.24, 2.45) is 0 Å². The highest BCUT2D eigenvalue weighted by Gasteiger charge is 1.98. The van der Waals surface area contributed by atoms with E-state index in [4.69, 9.17) is 23.8 Å². The smallest absolute Gasteiger partial charge is 0.238 e. The predicted molar refractivity (Wildman–Crippen MR) is 64.3 cm³/mol. The van der Waals surface area contributed by atoms with Crippen LogP contribution in [0.5, 0.6) is 0 Å². The number of hydrogen-bond donors (Lipinski definition) is 3. The molecule has 1 aromatic rings. The number of amides is 1. The second-order valence-corrected chi connectivity index (χ2v) is 3.48. The Bertz CT molecular complexity index is 383. The van der Waals surface area contributed by atoms with Gasteiger partial charge >= 0.3 is 0 Å². The van der Waals surface area contributed by atoms with Crippen molar-refractivity contribution in [3.05, 3.63) is 36.2 Å². The summed E-state index contributed by atoms with van der Waals surface area (Å²) in [7, 11) is 0. The van der Waals surface area contributed by atoms with Crippen molar-refractivity contribution in [1.29, 1.82) is 0 Å². The van der Waals surface area contributed by atoms with Crippen LogP contribution in [0.1, 0.15) is 0 Å². The number of anilines is 1. The molecule has 0 saturated heterocycles. The van der Waals surface area contributed by atoms with Crippen molar-refractivity contribution >= 4 is 40.5 Å². The van der Waals surface area contributed by atoms with Crippen LogP contribution in [0.25, 0.3) is 0 Å². The number of carbonyl (C=O) groups excluding carboxylic acids is 1. The molecular weight excluding hydrogens is 234 g/mol. The number of thiocarbonyl (C=S) groups is 1. The number of nitrogens with one attached hydrogen (secondary N) is 3. The van der Waals surface area contributed by atoms with Crippen LogP contribution >= 0.6 is 23.8 Å². The van der Waals surface area contributed by atoms with Gasteiger partial charge in [-0.05, 0) is 30.4 Å².